The minimum absolute atomic E-state index is 0.147. The highest BCUT2D eigenvalue weighted by Crippen LogP contribution is 2.39. The normalized spacial score (nSPS) is 39.2. The van der Waals surface area contributed by atoms with Gasteiger partial charge in [0.2, 0.25) is 0 Å². The number of carboxylic acid groups (broad SMARTS) is 1. The Balaban J connectivity index is 1.77. The molecule has 0 saturated heterocycles. The van der Waals surface area contributed by atoms with Crippen LogP contribution in [0.3, 0.4) is 0 Å². The zero-order valence-electron chi connectivity index (χ0n) is 11.6. The van der Waals surface area contributed by atoms with Gasteiger partial charge in [0.15, 0.2) is 0 Å². The molecule has 2 fully saturated rings. The average molecular weight is 254 g/mol. The quantitative estimate of drug-likeness (QED) is 0.754. The Morgan fingerprint density at radius 3 is 2.78 bits per heavy atom. The molecule has 2 aliphatic rings. The molecule has 4 nitrogen and oxygen atoms in total. The second-order valence-electron chi connectivity index (χ2n) is 6.46. The predicted octanol–water partition coefficient (Wildman–Crippen LogP) is 1.55. The first kappa shape index (κ1) is 13.8. The monoisotopic (exact) mass is 254 g/mol. The lowest BCUT2D eigenvalue weighted by Gasteiger charge is -2.28. The lowest BCUT2D eigenvalue weighted by molar-refractivity contribution is -0.144. The van der Waals surface area contributed by atoms with E-state index in [1.807, 2.05) is 0 Å². The van der Waals surface area contributed by atoms with Crippen LogP contribution < -0.4 is 5.73 Å². The topological polar surface area (TPSA) is 66.6 Å². The summed E-state index contributed by atoms with van der Waals surface area (Å²) in [6, 6.07) is 0. The maximum atomic E-state index is 11.3. The highest BCUT2D eigenvalue weighted by atomic mass is 16.4. The van der Waals surface area contributed by atoms with Gasteiger partial charge in [-0.2, -0.15) is 0 Å². The minimum Gasteiger partial charge on any atom is -0.480 e. The number of rotatable bonds is 6. The lowest BCUT2D eigenvalue weighted by Crippen LogP contribution is -2.51. The molecule has 0 aliphatic heterocycles. The fraction of sp³-hybridized carbons (Fsp3) is 0.929. The molecule has 0 radical (unpaired) electrons. The van der Waals surface area contributed by atoms with Crippen molar-refractivity contribution in [3.63, 3.8) is 0 Å². The van der Waals surface area contributed by atoms with Gasteiger partial charge in [-0.3, -0.25) is 4.79 Å². The number of nitrogens with two attached hydrogens (primary N) is 1. The van der Waals surface area contributed by atoms with E-state index >= 15 is 0 Å². The maximum absolute atomic E-state index is 11.3. The summed E-state index contributed by atoms with van der Waals surface area (Å²) in [6.07, 6.45) is 4.83. The van der Waals surface area contributed by atoms with Crippen LogP contribution in [-0.2, 0) is 4.79 Å². The zero-order chi connectivity index (χ0) is 13.3. The number of aliphatic carboxylic acids is 1. The molecule has 4 heteroatoms. The van der Waals surface area contributed by atoms with Crippen molar-refractivity contribution in [2.45, 2.75) is 44.6 Å². The highest BCUT2D eigenvalue weighted by Gasteiger charge is 2.45. The third-order valence-corrected chi connectivity index (χ3v) is 4.95. The van der Waals surface area contributed by atoms with Crippen LogP contribution in [0.1, 0.15) is 39.0 Å². The molecular weight excluding hydrogens is 228 g/mol. The van der Waals surface area contributed by atoms with Gasteiger partial charge in [0.1, 0.15) is 5.54 Å². The molecule has 18 heavy (non-hydrogen) atoms. The Labute approximate surface area is 110 Å². The number of hydrogen-bond donors (Lipinski definition) is 2. The first-order valence-corrected chi connectivity index (χ1v) is 7.14. The third-order valence-electron chi connectivity index (χ3n) is 4.95. The summed E-state index contributed by atoms with van der Waals surface area (Å²) in [5.74, 6) is 1.07. The van der Waals surface area contributed by atoms with Crippen LogP contribution >= 0.6 is 0 Å². The molecule has 4 unspecified atom stereocenters. The number of carboxylic acids is 1. The smallest absolute Gasteiger partial charge is 0.323 e. The summed E-state index contributed by atoms with van der Waals surface area (Å²) in [5, 5.41) is 9.26. The molecule has 2 saturated carbocycles. The third kappa shape index (κ3) is 2.86. The van der Waals surface area contributed by atoms with Crippen molar-refractivity contribution in [3.05, 3.63) is 0 Å². The van der Waals surface area contributed by atoms with Crippen LogP contribution in [0.2, 0.25) is 0 Å². The molecule has 0 amide bonds. The molecule has 3 N–H and O–H groups in total. The van der Waals surface area contributed by atoms with Crippen molar-refractivity contribution in [1.29, 1.82) is 0 Å². The SMILES string of the molecule is CC1CC1CN(C)CCC1CCCC1(N)C(=O)O. The van der Waals surface area contributed by atoms with Crippen molar-refractivity contribution in [2.24, 2.45) is 23.5 Å². The van der Waals surface area contributed by atoms with Crippen molar-refractivity contribution < 1.29 is 9.90 Å². The van der Waals surface area contributed by atoms with Crippen molar-refractivity contribution in [1.82, 2.24) is 4.90 Å². The highest BCUT2D eigenvalue weighted by molar-refractivity contribution is 5.79. The van der Waals surface area contributed by atoms with E-state index in [0.717, 1.165) is 44.2 Å². The van der Waals surface area contributed by atoms with Crippen molar-refractivity contribution in [2.75, 3.05) is 20.1 Å². The molecule has 4 atom stereocenters. The lowest BCUT2D eigenvalue weighted by atomic mass is 9.85. The van der Waals surface area contributed by atoms with Gasteiger partial charge in [0.05, 0.1) is 0 Å². The van der Waals surface area contributed by atoms with E-state index in [1.54, 1.807) is 0 Å². The van der Waals surface area contributed by atoms with E-state index in [4.69, 9.17) is 5.73 Å². The van der Waals surface area contributed by atoms with Gasteiger partial charge in [0.25, 0.3) is 0 Å². The Kier molecular flexibility index (Phi) is 3.97. The van der Waals surface area contributed by atoms with Gasteiger partial charge < -0.3 is 15.7 Å². The molecular formula is C14H26N2O2. The first-order valence-electron chi connectivity index (χ1n) is 7.14. The van der Waals surface area contributed by atoms with E-state index in [-0.39, 0.29) is 5.92 Å². The van der Waals surface area contributed by atoms with Crippen LogP contribution in [0.4, 0.5) is 0 Å². The minimum atomic E-state index is -0.965. The van der Waals surface area contributed by atoms with E-state index in [0.29, 0.717) is 6.42 Å². The molecule has 0 heterocycles. The van der Waals surface area contributed by atoms with E-state index in [1.165, 1.54) is 6.42 Å². The second kappa shape index (κ2) is 5.17. The van der Waals surface area contributed by atoms with Gasteiger partial charge in [-0.25, -0.2) is 0 Å². The first-order chi connectivity index (χ1) is 8.43. The average Bonchev–Trinajstić information content (AvgIpc) is 2.84. The summed E-state index contributed by atoms with van der Waals surface area (Å²) < 4.78 is 0. The van der Waals surface area contributed by atoms with E-state index in [2.05, 4.69) is 18.9 Å². The maximum Gasteiger partial charge on any atom is 0.323 e. The molecule has 0 bridgehead atoms. The van der Waals surface area contributed by atoms with Crippen LogP contribution in [0.25, 0.3) is 0 Å². The van der Waals surface area contributed by atoms with Crippen LogP contribution in [0.5, 0.6) is 0 Å². The molecule has 104 valence electrons. The van der Waals surface area contributed by atoms with Gasteiger partial charge in [-0.05, 0) is 57.0 Å². The standard InChI is InChI=1S/C14H26N2O2/c1-10-8-11(10)9-16(2)7-5-12-4-3-6-14(12,15)13(17)18/h10-12H,3-9,15H2,1-2H3,(H,17,18). The Bertz CT molecular complexity index is 321. The van der Waals surface area contributed by atoms with Crippen LogP contribution in [-0.4, -0.2) is 41.7 Å². The van der Waals surface area contributed by atoms with E-state index in [9.17, 15) is 9.90 Å². The number of carbonyl (C=O) groups is 1. The number of hydrogen-bond acceptors (Lipinski definition) is 3. The number of nitrogens with zero attached hydrogens (tertiary/aromatic N) is 1. The van der Waals surface area contributed by atoms with Gasteiger partial charge >= 0.3 is 5.97 Å². The largest absolute Gasteiger partial charge is 0.480 e. The van der Waals surface area contributed by atoms with Gasteiger partial charge in [0, 0.05) is 6.54 Å². The Hall–Kier alpha value is -0.610. The van der Waals surface area contributed by atoms with Gasteiger partial charge in [-0.15, -0.1) is 0 Å². The summed E-state index contributed by atoms with van der Waals surface area (Å²) in [7, 11) is 2.14. The molecule has 2 rings (SSSR count). The second-order valence-corrected chi connectivity index (χ2v) is 6.46. The zero-order valence-corrected chi connectivity index (χ0v) is 11.6. The molecule has 0 aromatic heterocycles. The Morgan fingerprint density at radius 1 is 1.56 bits per heavy atom. The summed E-state index contributed by atoms with van der Waals surface area (Å²) in [5.41, 5.74) is 5.09. The summed E-state index contributed by atoms with van der Waals surface area (Å²) in [6.45, 7) is 4.42. The van der Waals surface area contributed by atoms with Gasteiger partial charge in [-0.1, -0.05) is 13.3 Å². The molecule has 0 aromatic carbocycles. The molecule has 0 spiro atoms. The van der Waals surface area contributed by atoms with E-state index < -0.39 is 11.5 Å². The molecule has 2 aliphatic carbocycles. The van der Waals surface area contributed by atoms with Crippen LogP contribution in [0.15, 0.2) is 0 Å². The van der Waals surface area contributed by atoms with Crippen LogP contribution in [0, 0.1) is 17.8 Å². The Morgan fingerprint density at radius 2 is 2.22 bits per heavy atom. The van der Waals surface area contributed by atoms with Crippen molar-refractivity contribution >= 4 is 5.97 Å². The summed E-state index contributed by atoms with van der Waals surface area (Å²) in [4.78, 5) is 13.6. The molecule has 0 aromatic rings. The predicted molar refractivity (Wildman–Crippen MR) is 71.3 cm³/mol. The fourth-order valence-corrected chi connectivity index (χ4v) is 3.31. The fourth-order valence-electron chi connectivity index (χ4n) is 3.31. The summed E-state index contributed by atoms with van der Waals surface area (Å²) >= 11 is 0. The van der Waals surface area contributed by atoms with Crippen molar-refractivity contribution in [3.8, 4) is 0 Å².